The zero-order valence-electron chi connectivity index (χ0n) is 18.2. The van der Waals surface area contributed by atoms with Crippen LogP contribution in [-0.4, -0.2) is 35.7 Å². The summed E-state index contributed by atoms with van der Waals surface area (Å²) in [6, 6.07) is 7.71. The smallest absolute Gasteiger partial charge is 0.311 e. The predicted octanol–water partition coefficient (Wildman–Crippen LogP) is 4.46. The zero-order chi connectivity index (χ0) is 21.5. The number of carbonyl (C=O) groups excluding carboxylic acids is 1. The summed E-state index contributed by atoms with van der Waals surface area (Å²) in [6.45, 7) is 7.02. The summed E-state index contributed by atoms with van der Waals surface area (Å²) in [4.78, 5) is 24.6. The molecule has 1 atom stereocenters. The summed E-state index contributed by atoms with van der Waals surface area (Å²) in [6.07, 6.45) is 2.97. The number of benzene rings is 2. The Labute approximate surface area is 188 Å². The molecule has 0 amide bonds. The molecule has 2 N–H and O–H groups in total. The molecule has 6 nitrogen and oxygen atoms in total. The lowest BCUT2D eigenvalue weighted by molar-refractivity contribution is -0.141. The van der Waals surface area contributed by atoms with E-state index in [1.165, 1.54) is 6.92 Å². The van der Waals surface area contributed by atoms with Gasteiger partial charge in [-0.15, -0.1) is 12.4 Å². The fraction of sp³-hybridized carbons (Fsp3) is 0.500. The van der Waals surface area contributed by atoms with Crippen LogP contribution < -0.4 is 14.8 Å². The Morgan fingerprint density at radius 2 is 1.84 bits per heavy atom. The molecule has 0 bridgehead atoms. The number of hydrogen-bond donors (Lipinski definition) is 2. The van der Waals surface area contributed by atoms with Crippen LogP contribution >= 0.6 is 12.4 Å². The number of fused-ring (bicyclic) bond motifs is 3. The lowest BCUT2D eigenvalue weighted by atomic mass is 9.76. The van der Waals surface area contributed by atoms with Gasteiger partial charge in [0.25, 0.3) is 0 Å². The molecule has 2 aliphatic heterocycles. The lowest BCUT2D eigenvalue weighted by Crippen LogP contribution is -2.35. The summed E-state index contributed by atoms with van der Waals surface area (Å²) in [5.41, 5.74) is 1.08. The molecule has 31 heavy (non-hydrogen) atoms. The van der Waals surface area contributed by atoms with E-state index in [-0.39, 0.29) is 23.9 Å². The first-order chi connectivity index (χ1) is 14.3. The molecule has 0 aromatic heterocycles. The van der Waals surface area contributed by atoms with E-state index in [4.69, 9.17) is 9.47 Å². The third-order valence-corrected chi connectivity index (χ3v) is 6.29. The minimum absolute atomic E-state index is 0. The van der Waals surface area contributed by atoms with Crippen LogP contribution in [0.4, 0.5) is 0 Å². The molecule has 2 aromatic rings. The number of hydrogen-bond acceptors (Lipinski definition) is 5. The van der Waals surface area contributed by atoms with Crippen LogP contribution in [0.2, 0.25) is 0 Å². The molecular weight excluding hydrogens is 418 g/mol. The van der Waals surface area contributed by atoms with Crippen molar-refractivity contribution in [1.82, 2.24) is 5.32 Å². The molecule has 1 saturated heterocycles. The van der Waals surface area contributed by atoms with Gasteiger partial charge in [0.2, 0.25) is 0 Å². The van der Waals surface area contributed by atoms with Crippen LogP contribution in [0.3, 0.4) is 0 Å². The number of piperidine rings is 1. The van der Waals surface area contributed by atoms with E-state index in [2.05, 4.69) is 5.32 Å². The molecule has 7 heteroatoms. The maximum atomic E-state index is 12.6. The van der Waals surface area contributed by atoms with E-state index in [0.29, 0.717) is 23.5 Å². The fourth-order valence-corrected chi connectivity index (χ4v) is 4.87. The van der Waals surface area contributed by atoms with Crippen molar-refractivity contribution in [2.24, 2.45) is 5.92 Å². The van der Waals surface area contributed by atoms with Gasteiger partial charge in [-0.2, -0.15) is 0 Å². The Kier molecular flexibility index (Phi) is 6.82. The second-order valence-corrected chi connectivity index (χ2v) is 8.95. The van der Waals surface area contributed by atoms with Gasteiger partial charge in [-0.3, -0.25) is 9.59 Å². The van der Waals surface area contributed by atoms with Crippen molar-refractivity contribution in [3.05, 3.63) is 35.4 Å². The third-order valence-electron chi connectivity index (χ3n) is 6.29. The van der Waals surface area contributed by atoms with Crippen LogP contribution in [0.1, 0.15) is 57.1 Å². The van der Waals surface area contributed by atoms with Crippen molar-refractivity contribution in [2.75, 3.05) is 13.1 Å². The number of nitrogens with one attached hydrogen (secondary N) is 1. The summed E-state index contributed by atoms with van der Waals surface area (Å²) >= 11 is 0. The van der Waals surface area contributed by atoms with Crippen LogP contribution in [0.25, 0.3) is 10.8 Å². The molecule has 2 heterocycles. The Balaban J connectivity index is 0.00000272. The fourth-order valence-electron chi connectivity index (χ4n) is 4.87. The van der Waals surface area contributed by atoms with E-state index >= 15 is 0 Å². The van der Waals surface area contributed by atoms with Gasteiger partial charge in [-0.05, 0) is 63.9 Å². The monoisotopic (exact) mass is 447 g/mol. The number of ether oxygens (including phenoxy) is 2. The SMILES string of the molecule is CC(=O)Oc1c2c(c3ccccc3c1C(C(=O)O)C1CCNCC1)OC(C)(C)CC2.Cl. The number of esters is 1. The van der Waals surface area contributed by atoms with Crippen molar-refractivity contribution in [3.8, 4) is 11.5 Å². The number of carbonyl (C=O) groups is 2. The average Bonchev–Trinajstić information content (AvgIpc) is 2.70. The molecule has 0 saturated carbocycles. The van der Waals surface area contributed by atoms with Gasteiger partial charge < -0.3 is 19.9 Å². The van der Waals surface area contributed by atoms with E-state index < -0.39 is 17.9 Å². The Morgan fingerprint density at radius 1 is 1.19 bits per heavy atom. The third kappa shape index (κ3) is 4.51. The van der Waals surface area contributed by atoms with E-state index in [0.717, 1.165) is 48.7 Å². The van der Waals surface area contributed by atoms with Gasteiger partial charge in [-0.25, -0.2) is 0 Å². The van der Waals surface area contributed by atoms with E-state index in [1.54, 1.807) is 0 Å². The number of halogens is 1. The van der Waals surface area contributed by atoms with Crippen molar-refractivity contribution < 1.29 is 24.2 Å². The summed E-state index contributed by atoms with van der Waals surface area (Å²) in [5.74, 6) is -1.01. The summed E-state index contributed by atoms with van der Waals surface area (Å²) in [5, 5.41) is 15.3. The van der Waals surface area contributed by atoms with Gasteiger partial charge in [0, 0.05) is 23.4 Å². The second kappa shape index (κ2) is 9.05. The molecular formula is C24H30ClNO5. The van der Waals surface area contributed by atoms with Gasteiger partial charge in [0.15, 0.2) is 0 Å². The lowest BCUT2D eigenvalue weighted by Gasteiger charge is -2.36. The Morgan fingerprint density at radius 3 is 2.45 bits per heavy atom. The highest BCUT2D eigenvalue weighted by Gasteiger charge is 2.39. The molecule has 2 aliphatic rings. The number of carboxylic acid groups (broad SMARTS) is 1. The van der Waals surface area contributed by atoms with Crippen LogP contribution in [0.15, 0.2) is 24.3 Å². The first kappa shape index (κ1) is 23.4. The Hall–Kier alpha value is -2.31. The molecule has 2 aromatic carbocycles. The van der Waals surface area contributed by atoms with Crippen LogP contribution in [0, 0.1) is 5.92 Å². The minimum Gasteiger partial charge on any atom is -0.487 e. The largest absolute Gasteiger partial charge is 0.487 e. The van der Waals surface area contributed by atoms with E-state index in [1.807, 2.05) is 38.1 Å². The highest BCUT2D eigenvalue weighted by Crippen LogP contribution is 2.50. The van der Waals surface area contributed by atoms with Gasteiger partial charge in [0.05, 0.1) is 5.92 Å². The van der Waals surface area contributed by atoms with Crippen LogP contribution in [-0.2, 0) is 16.0 Å². The minimum atomic E-state index is -0.877. The zero-order valence-corrected chi connectivity index (χ0v) is 19.0. The first-order valence-electron chi connectivity index (χ1n) is 10.7. The highest BCUT2D eigenvalue weighted by molar-refractivity contribution is 5.99. The standard InChI is InChI=1S/C24H29NO5.ClH/c1-14(26)29-22-18-8-11-24(2,3)30-21(18)17-7-5-4-6-16(17)20(22)19(23(27)28)15-9-12-25-13-10-15;/h4-7,15,19,25H,8-13H2,1-3H3,(H,27,28);1H. The maximum absolute atomic E-state index is 12.6. The van der Waals surface area contributed by atoms with E-state index in [9.17, 15) is 14.7 Å². The Bertz CT molecular complexity index is 997. The molecule has 0 spiro atoms. The number of aliphatic carboxylic acids is 1. The predicted molar refractivity (Wildman–Crippen MR) is 122 cm³/mol. The average molecular weight is 448 g/mol. The highest BCUT2D eigenvalue weighted by atomic mass is 35.5. The number of carboxylic acids is 1. The molecule has 168 valence electrons. The normalized spacial score (nSPS) is 18.9. The van der Waals surface area contributed by atoms with Gasteiger partial charge >= 0.3 is 11.9 Å². The first-order valence-corrected chi connectivity index (χ1v) is 10.7. The van der Waals surface area contributed by atoms with Crippen LogP contribution in [0.5, 0.6) is 11.5 Å². The summed E-state index contributed by atoms with van der Waals surface area (Å²) in [7, 11) is 0. The topological polar surface area (TPSA) is 84.9 Å². The molecule has 1 unspecified atom stereocenters. The molecule has 0 aliphatic carbocycles. The second-order valence-electron chi connectivity index (χ2n) is 8.95. The maximum Gasteiger partial charge on any atom is 0.311 e. The van der Waals surface area contributed by atoms with Crippen molar-refractivity contribution in [2.45, 2.75) is 58.0 Å². The van der Waals surface area contributed by atoms with Crippen molar-refractivity contribution >= 4 is 35.1 Å². The summed E-state index contributed by atoms with van der Waals surface area (Å²) < 4.78 is 12.1. The van der Waals surface area contributed by atoms with Crippen molar-refractivity contribution in [1.29, 1.82) is 0 Å². The number of rotatable bonds is 4. The molecule has 1 fully saturated rings. The van der Waals surface area contributed by atoms with Crippen molar-refractivity contribution in [3.63, 3.8) is 0 Å². The molecule has 4 rings (SSSR count). The van der Waals surface area contributed by atoms with Gasteiger partial charge in [0.1, 0.15) is 17.1 Å². The van der Waals surface area contributed by atoms with Gasteiger partial charge in [-0.1, -0.05) is 24.3 Å². The molecule has 0 radical (unpaired) electrons. The quantitative estimate of drug-likeness (QED) is 0.531.